The lowest BCUT2D eigenvalue weighted by Gasteiger charge is -2.30. The van der Waals surface area contributed by atoms with Crippen molar-refractivity contribution in [3.63, 3.8) is 0 Å². The first kappa shape index (κ1) is 15.2. The van der Waals surface area contributed by atoms with E-state index < -0.39 is 4.92 Å². The monoisotopic (exact) mass is 293 g/mol. The summed E-state index contributed by atoms with van der Waals surface area (Å²) >= 11 is 0. The highest BCUT2D eigenvalue weighted by atomic mass is 16.6. The standard InChI is InChI=1S/C14H19N3O4/c1-9-12(4-3-7-15-9)16-14(18)11-8-10(17(19)20)5-6-13(11)21-2/h5-6,8-9,12,15H,3-4,7H2,1-2H3,(H,16,18). The summed E-state index contributed by atoms with van der Waals surface area (Å²) in [5.74, 6) is -0.0226. The molecule has 1 aliphatic rings. The molecule has 2 N–H and O–H groups in total. The molecular formula is C14H19N3O4. The maximum atomic E-state index is 12.4. The van der Waals surface area contributed by atoms with Gasteiger partial charge in [0.1, 0.15) is 5.75 Å². The Morgan fingerprint density at radius 1 is 1.52 bits per heavy atom. The molecule has 2 rings (SSSR count). The van der Waals surface area contributed by atoms with Crippen LogP contribution in [0.4, 0.5) is 5.69 Å². The van der Waals surface area contributed by atoms with E-state index in [4.69, 9.17) is 4.74 Å². The fraction of sp³-hybridized carbons (Fsp3) is 0.500. The summed E-state index contributed by atoms with van der Waals surface area (Å²) in [7, 11) is 1.43. The van der Waals surface area contributed by atoms with Crippen molar-refractivity contribution in [1.29, 1.82) is 0 Å². The van der Waals surface area contributed by atoms with Crippen LogP contribution >= 0.6 is 0 Å². The number of rotatable bonds is 4. The molecule has 0 bridgehead atoms. The topological polar surface area (TPSA) is 93.5 Å². The van der Waals surface area contributed by atoms with Gasteiger partial charge in [-0.2, -0.15) is 0 Å². The summed E-state index contributed by atoms with van der Waals surface area (Å²) in [5.41, 5.74) is 0.0558. The average molecular weight is 293 g/mol. The van der Waals surface area contributed by atoms with E-state index >= 15 is 0 Å². The number of non-ortho nitro benzene ring substituents is 1. The number of benzene rings is 1. The first-order chi connectivity index (χ1) is 10.0. The van der Waals surface area contributed by atoms with E-state index in [0.717, 1.165) is 19.4 Å². The number of nitrogens with zero attached hydrogens (tertiary/aromatic N) is 1. The summed E-state index contributed by atoms with van der Waals surface area (Å²) in [5, 5.41) is 17.1. The highest BCUT2D eigenvalue weighted by Gasteiger charge is 2.25. The van der Waals surface area contributed by atoms with E-state index in [0.29, 0.717) is 5.75 Å². The Morgan fingerprint density at radius 2 is 2.29 bits per heavy atom. The molecule has 1 heterocycles. The minimum absolute atomic E-state index is 0.00946. The van der Waals surface area contributed by atoms with Crippen LogP contribution in [0.25, 0.3) is 0 Å². The molecular weight excluding hydrogens is 274 g/mol. The highest BCUT2D eigenvalue weighted by Crippen LogP contribution is 2.24. The van der Waals surface area contributed by atoms with Crippen LogP contribution in [0.2, 0.25) is 0 Å². The summed E-state index contributed by atoms with van der Waals surface area (Å²) in [6.07, 6.45) is 1.87. The van der Waals surface area contributed by atoms with Crippen molar-refractivity contribution in [1.82, 2.24) is 10.6 Å². The van der Waals surface area contributed by atoms with Crippen LogP contribution in [-0.4, -0.2) is 36.6 Å². The van der Waals surface area contributed by atoms with Gasteiger partial charge >= 0.3 is 0 Å². The van der Waals surface area contributed by atoms with Gasteiger partial charge in [-0.1, -0.05) is 0 Å². The molecule has 0 spiro atoms. The molecule has 0 radical (unpaired) electrons. The predicted molar refractivity (Wildman–Crippen MR) is 77.6 cm³/mol. The number of nitro benzene ring substituents is 1. The normalized spacial score (nSPS) is 21.6. The van der Waals surface area contributed by atoms with E-state index in [1.807, 2.05) is 6.92 Å². The van der Waals surface area contributed by atoms with E-state index in [-0.39, 0.29) is 29.2 Å². The van der Waals surface area contributed by atoms with Crippen LogP contribution in [0.5, 0.6) is 5.75 Å². The summed E-state index contributed by atoms with van der Waals surface area (Å²) < 4.78 is 5.12. The van der Waals surface area contributed by atoms with Crippen molar-refractivity contribution >= 4 is 11.6 Å². The Bertz CT molecular complexity index is 547. The molecule has 1 amide bonds. The molecule has 1 fully saturated rings. The smallest absolute Gasteiger partial charge is 0.270 e. The van der Waals surface area contributed by atoms with E-state index in [1.165, 1.54) is 25.3 Å². The third kappa shape index (κ3) is 3.49. The van der Waals surface area contributed by atoms with Gasteiger partial charge in [0.15, 0.2) is 0 Å². The maximum Gasteiger partial charge on any atom is 0.270 e. The quantitative estimate of drug-likeness (QED) is 0.647. The largest absolute Gasteiger partial charge is 0.496 e. The minimum Gasteiger partial charge on any atom is -0.496 e. The number of amides is 1. The van der Waals surface area contributed by atoms with Crippen LogP contribution in [0, 0.1) is 10.1 Å². The van der Waals surface area contributed by atoms with E-state index in [2.05, 4.69) is 10.6 Å². The van der Waals surface area contributed by atoms with Gasteiger partial charge in [-0.3, -0.25) is 14.9 Å². The minimum atomic E-state index is -0.527. The number of nitrogens with one attached hydrogen (secondary N) is 2. The molecule has 1 saturated heterocycles. The zero-order chi connectivity index (χ0) is 15.4. The third-order valence-corrected chi connectivity index (χ3v) is 3.72. The van der Waals surface area contributed by atoms with Gasteiger partial charge in [0.2, 0.25) is 0 Å². The number of nitro groups is 1. The maximum absolute atomic E-state index is 12.4. The number of ether oxygens (including phenoxy) is 1. The molecule has 114 valence electrons. The fourth-order valence-corrected chi connectivity index (χ4v) is 2.47. The second-order valence-electron chi connectivity index (χ2n) is 5.11. The van der Waals surface area contributed by atoms with Crippen LogP contribution in [0.15, 0.2) is 18.2 Å². The molecule has 7 heteroatoms. The number of hydrogen-bond acceptors (Lipinski definition) is 5. The van der Waals surface area contributed by atoms with E-state index in [1.54, 1.807) is 0 Å². The second kappa shape index (κ2) is 6.53. The molecule has 7 nitrogen and oxygen atoms in total. The Hall–Kier alpha value is -2.15. The van der Waals surface area contributed by atoms with Crippen LogP contribution in [0.1, 0.15) is 30.1 Å². The number of hydrogen-bond donors (Lipinski definition) is 2. The number of carbonyl (C=O) groups is 1. The van der Waals surface area contributed by atoms with Crippen LogP contribution in [-0.2, 0) is 0 Å². The number of piperidine rings is 1. The van der Waals surface area contributed by atoms with Crippen LogP contribution in [0.3, 0.4) is 0 Å². The first-order valence-electron chi connectivity index (χ1n) is 6.89. The van der Waals surface area contributed by atoms with Crippen molar-refractivity contribution in [3.8, 4) is 5.75 Å². The lowest BCUT2D eigenvalue weighted by molar-refractivity contribution is -0.384. The van der Waals surface area contributed by atoms with Gasteiger partial charge in [-0.25, -0.2) is 0 Å². The van der Waals surface area contributed by atoms with Crippen LogP contribution < -0.4 is 15.4 Å². The summed E-state index contributed by atoms with van der Waals surface area (Å²) in [4.78, 5) is 22.7. The van der Waals surface area contributed by atoms with Crippen molar-refractivity contribution in [2.45, 2.75) is 31.8 Å². The molecule has 0 saturated carbocycles. The predicted octanol–water partition coefficient (Wildman–Crippen LogP) is 1.47. The van der Waals surface area contributed by atoms with E-state index in [9.17, 15) is 14.9 Å². The Kier molecular flexibility index (Phi) is 4.74. The highest BCUT2D eigenvalue weighted by molar-refractivity contribution is 5.97. The van der Waals surface area contributed by atoms with Gasteiger partial charge in [-0.05, 0) is 32.4 Å². The molecule has 2 atom stereocenters. The zero-order valence-electron chi connectivity index (χ0n) is 12.1. The molecule has 1 aromatic carbocycles. The van der Waals surface area contributed by atoms with Crippen molar-refractivity contribution in [3.05, 3.63) is 33.9 Å². The SMILES string of the molecule is COc1ccc([N+](=O)[O-])cc1C(=O)NC1CCCNC1C. The number of carbonyl (C=O) groups excluding carboxylic acids is 1. The number of methoxy groups -OCH3 is 1. The summed E-state index contributed by atoms with van der Waals surface area (Å²) in [6, 6.07) is 4.19. The molecule has 2 unspecified atom stereocenters. The third-order valence-electron chi connectivity index (χ3n) is 3.72. The Balaban J connectivity index is 2.20. The molecule has 1 aliphatic heterocycles. The Morgan fingerprint density at radius 3 is 2.90 bits per heavy atom. The lowest BCUT2D eigenvalue weighted by atomic mass is 9.99. The average Bonchev–Trinajstić information content (AvgIpc) is 2.48. The van der Waals surface area contributed by atoms with Crippen molar-refractivity contribution in [2.24, 2.45) is 0 Å². The van der Waals surface area contributed by atoms with Gasteiger partial charge < -0.3 is 15.4 Å². The molecule has 21 heavy (non-hydrogen) atoms. The first-order valence-corrected chi connectivity index (χ1v) is 6.89. The van der Waals surface area contributed by atoms with Gasteiger partial charge in [-0.15, -0.1) is 0 Å². The lowest BCUT2D eigenvalue weighted by Crippen LogP contribution is -2.51. The fourth-order valence-electron chi connectivity index (χ4n) is 2.47. The molecule has 0 aromatic heterocycles. The molecule has 0 aliphatic carbocycles. The second-order valence-corrected chi connectivity index (χ2v) is 5.11. The zero-order valence-corrected chi connectivity index (χ0v) is 12.1. The van der Waals surface area contributed by atoms with Crippen molar-refractivity contribution < 1.29 is 14.5 Å². The van der Waals surface area contributed by atoms with Crippen molar-refractivity contribution in [2.75, 3.05) is 13.7 Å². The van der Waals surface area contributed by atoms with Gasteiger partial charge in [0.05, 0.1) is 17.6 Å². The Labute approximate surface area is 122 Å². The summed E-state index contributed by atoms with van der Waals surface area (Å²) in [6.45, 7) is 2.95. The van der Waals surface area contributed by atoms with Gasteiger partial charge in [0, 0.05) is 24.2 Å². The van der Waals surface area contributed by atoms with Gasteiger partial charge in [0.25, 0.3) is 11.6 Å². The molecule has 1 aromatic rings.